The molecule has 2 aromatic heterocycles. The minimum Gasteiger partial charge on any atom is -0.365 e. The topological polar surface area (TPSA) is 83.9 Å². The first-order valence-corrected chi connectivity index (χ1v) is 8.34. The number of amides is 2. The second kappa shape index (κ2) is 7.60. The van der Waals surface area contributed by atoms with E-state index in [-0.39, 0.29) is 6.03 Å². The Hall–Kier alpha value is -2.87. The smallest absolute Gasteiger partial charge is 0.319 e. The van der Waals surface area contributed by atoms with E-state index in [1.165, 1.54) is 11.3 Å². The van der Waals surface area contributed by atoms with Gasteiger partial charge in [-0.15, -0.1) is 11.3 Å². The molecule has 1 aromatic carbocycles. The summed E-state index contributed by atoms with van der Waals surface area (Å²) in [6, 6.07) is 9.32. The molecule has 0 unspecified atom stereocenters. The molecule has 2 heterocycles. The molecule has 3 N–H and O–H groups in total. The van der Waals surface area contributed by atoms with Gasteiger partial charge in [-0.3, -0.25) is 4.68 Å². The van der Waals surface area contributed by atoms with Gasteiger partial charge in [-0.05, 0) is 23.8 Å². The minimum absolute atomic E-state index is 0.259. The lowest BCUT2D eigenvalue weighted by atomic mass is 10.2. The molecule has 0 saturated carbocycles. The molecule has 7 nitrogen and oxygen atoms in total. The van der Waals surface area contributed by atoms with Crippen molar-refractivity contribution in [3.8, 4) is 0 Å². The Bertz CT molecular complexity index is 799. The number of benzene rings is 1. The lowest BCUT2D eigenvalue weighted by Crippen LogP contribution is -2.28. The van der Waals surface area contributed by atoms with Crippen LogP contribution < -0.4 is 16.0 Å². The summed E-state index contributed by atoms with van der Waals surface area (Å²) in [6.07, 6.45) is 3.65. The molecule has 2 amide bonds. The van der Waals surface area contributed by atoms with E-state index in [1.807, 2.05) is 53.6 Å². The summed E-state index contributed by atoms with van der Waals surface area (Å²) in [5.74, 6) is 0. The monoisotopic (exact) mass is 342 g/mol. The van der Waals surface area contributed by atoms with Gasteiger partial charge >= 0.3 is 6.03 Å². The van der Waals surface area contributed by atoms with Gasteiger partial charge in [-0.2, -0.15) is 5.10 Å². The number of hydrogen-bond donors (Lipinski definition) is 3. The summed E-state index contributed by atoms with van der Waals surface area (Å²) in [5, 5.41) is 15.5. The SMILES string of the molecule is CNc1nc(CNC(=O)Nc2cccc(Cn3cccn3)c2)cs1. The van der Waals surface area contributed by atoms with Gasteiger partial charge in [0.25, 0.3) is 0 Å². The molecule has 0 aliphatic carbocycles. The van der Waals surface area contributed by atoms with Crippen molar-refractivity contribution < 1.29 is 4.79 Å². The van der Waals surface area contributed by atoms with E-state index in [9.17, 15) is 4.79 Å². The Kier molecular flexibility index (Phi) is 5.07. The van der Waals surface area contributed by atoms with Gasteiger partial charge in [-0.25, -0.2) is 9.78 Å². The first-order chi connectivity index (χ1) is 11.7. The van der Waals surface area contributed by atoms with E-state index in [2.05, 4.69) is 26.0 Å². The van der Waals surface area contributed by atoms with Gasteiger partial charge in [0.15, 0.2) is 5.13 Å². The number of urea groups is 1. The fourth-order valence-electron chi connectivity index (χ4n) is 2.18. The van der Waals surface area contributed by atoms with Crippen molar-refractivity contribution >= 4 is 28.2 Å². The van der Waals surface area contributed by atoms with Gasteiger partial charge in [0.2, 0.25) is 0 Å². The van der Waals surface area contributed by atoms with Crippen molar-refractivity contribution in [3.05, 3.63) is 59.4 Å². The van der Waals surface area contributed by atoms with Crippen LogP contribution in [0.3, 0.4) is 0 Å². The minimum atomic E-state index is -0.259. The number of nitrogens with one attached hydrogen (secondary N) is 3. The van der Waals surface area contributed by atoms with E-state index in [4.69, 9.17) is 0 Å². The Labute approximate surface area is 143 Å². The molecular weight excluding hydrogens is 324 g/mol. The van der Waals surface area contributed by atoms with Gasteiger partial charge in [-0.1, -0.05) is 12.1 Å². The fraction of sp³-hybridized carbons (Fsp3) is 0.188. The number of thiazole rings is 1. The zero-order valence-electron chi connectivity index (χ0n) is 13.2. The highest BCUT2D eigenvalue weighted by Crippen LogP contribution is 2.14. The van der Waals surface area contributed by atoms with Crippen LogP contribution in [0.25, 0.3) is 0 Å². The zero-order chi connectivity index (χ0) is 16.8. The van der Waals surface area contributed by atoms with Crippen LogP contribution in [0.1, 0.15) is 11.3 Å². The van der Waals surface area contributed by atoms with Crippen molar-refractivity contribution in [2.24, 2.45) is 0 Å². The Morgan fingerprint density at radius 2 is 2.25 bits per heavy atom. The molecule has 24 heavy (non-hydrogen) atoms. The van der Waals surface area contributed by atoms with Crippen LogP contribution in [0.15, 0.2) is 48.1 Å². The number of nitrogens with zero attached hydrogens (tertiary/aromatic N) is 3. The fourth-order valence-corrected chi connectivity index (χ4v) is 2.85. The largest absolute Gasteiger partial charge is 0.365 e. The van der Waals surface area contributed by atoms with E-state index >= 15 is 0 Å². The van der Waals surface area contributed by atoms with E-state index in [0.29, 0.717) is 13.1 Å². The van der Waals surface area contributed by atoms with Crippen molar-refractivity contribution in [2.45, 2.75) is 13.1 Å². The normalized spacial score (nSPS) is 10.4. The molecule has 0 bridgehead atoms. The Balaban J connectivity index is 1.54. The highest BCUT2D eigenvalue weighted by Gasteiger charge is 2.05. The predicted octanol–water partition coefficient (Wildman–Crippen LogP) is 2.75. The molecule has 0 saturated heterocycles. The Morgan fingerprint density at radius 3 is 3.00 bits per heavy atom. The van der Waals surface area contributed by atoms with Gasteiger partial charge < -0.3 is 16.0 Å². The second-order valence-corrected chi connectivity index (χ2v) is 5.96. The van der Waals surface area contributed by atoms with Crippen LogP contribution >= 0.6 is 11.3 Å². The molecule has 0 spiro atoms. The van der Waals surface area contributed by atoms with Crippen molar-refractivity contribution in [1.29, 1.82) is 0 Å². The number of carbonyl (C=O) groups is 1. The summed E-state index contributed by atoms with van der Waals surface area (Å²) in [7, 11) is 1.82. The molecule has 3 rings (SSSR count). The maximum absolute atomic E-state index is 12.0. The van der Waals surface area contributed by atoms with Crippen LogP contribution in [-0.2, 0) is 13.1 Å². The number of aromatic nitrogens is 3. The lowest BCUT2D eigenvalue weighted by molar-refractivity contribution is 0.251. The average molecular weight is 342 g/mol. The first kappa shape index (κ1) is 16.0. The summed E-state index contributed by atoms with van der Waals surface area (Å²) in [6.45, 7) is 1.05. The molecule has 0 fully saturated rings. The molecule has 0 atom stereocenters. The third-order valence-electron chi connectivity index (χ3n) is 3.28. The summed E-state index contributed by atoms with van der Waals surface area (Å²) < 4.78 is 1.83. The van der Waals surface area contributed by atoms with Gasteiger partial charge in [0, 0.05) is 30.5 Å². The molecular formula is C16H18N6OS. The number of anilines is 2. The van der Waals surface area contributed by atoms with E-state index in [0.717, 1.165) is 22.1 Å². The molecule has 0 aliphatic rings. The zero-order valence-corrected chi connectivity index (χ0v) is 14.0. The highest BCUT2D eigenvalue weighted by atomic mass is 32.1. The quantitative estimate of drug-likeness (QED) is 0.643. The van der Waals surface area contributed by atoms with Gasteiger partial charge in [0.05, 0.1) is 18.8 Å². The Morgan fingerprint density at radius 1 is 1.33 bits per heavy atom. The van der Waals surface area contributed by atoms with Crippen LogP contribution in [0.2, 0.25) is 0 Å². The first-order valence-electron chi connectivity index (χ1n) is 7.46. The predicted molar refractivity (Wildman–Crippen MR) is 95.3 cm³/mol. The maximum Gasteiger partial charge on any atom is 0.319 e. The van der Waals surface area contributed by atoms with Crippen molar-refractivity contribution in [3.63, 3.8) is 0 Å². The van der Waals surface area contributed by atoms with Crippen LogP contribution in [-0.4, -0.2) is 27.8 Å². The third kappa shape index (κ3) is 4.32. The standard InChI is InChI=1S/C16H18N6OS/c1-17-16-21-14(11-24-16)9-18-15(23)20-13-5-2-4-12(8-13)10-22-7-3-6-19-22/h2-8,11H,9-10H2,1H3,(H,17,21)(H2,18,20,23). The van der Waals surface area contributed by atoms with Gasteiger partial charge in [0.1, 0.15) is 0 Å². The molecule has 8 heteroatoms. The van der Waals surface area contributed by atoms with Crippen LogP contribution in [0.5, 0.6) is 0 Å². The average Bonchev–Trinajstić information content (AvgIpc) is 3.24. The summed E-state index contributed by atoms with van der Waals surface area (Å²) in [4.78, 5) is 16.3. The van der Waals surface area contributed by atoms with E-state index in [1.54, 1.807) is 6.20 Å². The third-order valence-corrected chi connectivity index (χ3v) is 4.19. The number of carbonyl (C=O) groups excluding carboxylic acids is 1. The van der Waals surface area contributed by atoms with Crippen molar-refractivity contribution in [2.75, 3.05) is 17.7 Å². The van der Waals surface area contributed by atoms with E-state index < -0.39 is 0 Å². The second-order valence-electron chi connectivity index (χ2n) is 5.11. The van der Waals surface area contributed by atoms with Crippen molar-refractivity contribution in [1.82, 2.24) is 20.1 Å². The lowest BCUT2D eigenvalue weighted by Gasteiger charge is -2.08. The van der Waals surface area contributed by atoms with Crippen LogP contribution in [0.4, 0.5) is 15.6 Å². The highest BCUT2D eigenvalue weighted by molar-refractivity contribution is 7.13. The molecule has 0 radical (unpaired) electrons. The summed E-state index contributed by atoms with van der Waals surface area (Å²) in [5.41, 5.74) is 2.63. The number of rotatable bonds is 6. The molecule has 124 valence electrons. The maximum atomic E-state index is 12.0. The number of hydrogen-bond acceptors (Lipinski definition) is 5. The molecule has 3 aromatic rings. The van der Waals surface area contributed by atoms with Crippen LogP contribution in [0, 0.1) is 0 Å². The molecule has 0 aliphatic heterocycles. The summed E-state index contributed by atoms with van der Waals surface area (Å²) >= 11 is 1.51.